The maximum atomic E-state index is 12.7. The first-order valence-corrected chi connectivity index (χ1v) is 9.47. The first kappa shape index (κ1) is 18.6. The van der Waals surface area contributed by atoms with Gasteiger partial charge in [-0.2, -0.15) is 5.10 Å². The normalized spacial score (nSPS) is 18.9. The first-order valence-electron chi connectivity index (χ1n) is 9.47. The molecule has 1 fully saturated rings. The number of aromatic amines is 1. The van der Waals surface area contributed by atoms with Crippen LogP contribution in [0.5, 0.6) is 0 Å². The molecule has 1 N–H and O–H groups in total. The number of aromatic nitrogens is 3. The van der Waals surface area contributed by atoms with E-state index < -0.39 is 0 Å². The summed E-state index contributed by atoms with van der Waals surface area (Å²) in [6.45, 7) is 9.31. The minimum absolute atomic E-state index is 0.0127. The van der Waals surface area contributed by atoms with Gasteiger partial charge in [-0.25, -0.2) is 4.98 Å². The van der Waals surface area contributed by atoms with Gasteiger partial charge in [0.1, 0.15) is 5.82 Å². The molecule has 1 atom stereocenters. The number of H-pyrrole nitrogens is 1. The maximum Gasteiger partial charge on any atom is 0.222 e. The molecule has 1 amide bonds. The summed E-state index contributed by atoms with van der Waals surface area (Å²) in [6.07, 6.45) is 1.56. The van der Waals surface area contributed by atoms with Gasteiger partial charge in [0, 0.05) is 32.6 Å². The van der Waals surface area contributed by atoms with Crippen LogP contribution in [0.3, 0.4) is 0 Å². The van der Waals surface area contributed by atoms with E-state index in [0.717, 1.165) is 37.7 Å². The number of nitrogens with one attached hydrogen (secondary N) is 1. The van der Waals surface area contributed by atoms with Gasteiger partial charge < -0.3 is 4.90 Å². The Bertz CT molecular complexity index is 712. The number of aryl methyl sites for hydroxylation is 1. The zero-order valence-electron chi connectivity index (χ0n) is 16.0. The predicted molar refractivity (Wildman–Crippen MR) is 101 cm³/mol. The monoisotopic (exact) mass is 355 g/mol. The fourth-order valence-electron chi connectivity index (χ4n) is 3.50. The highest BCUT2D eigenvalue weighted by atomic mass is 16.2. The van der Waals surface area contributed by atoms with Crippen molar-refractivity contribution >= 4 is 5.91 Å². The van der Waals surface area contributed by atoms with Crippen molar-refractivity contribution in [2.75, 3.05) is 19.6 Å². The molecule has 0 bridgehead atoms. The Morgan fingerprint density at radius 3 is 2.69 bits per heavy atom. The largest absolute Gasteiger partial charge is 0.341 e. The summed E-state index contributed by atoms with van der Waals surface area (Å²) in [7, 11) is 0. The van der Waals surface area contributed by atoms with Crippen molar-refractivity contribution in [3.63, 3.8) is 0 Å². The van der Waals surface area contributed by atoms with Crippen molar-refractivity contribution < 1.29 is 4.79 Å². The fraction of sp³-hybridized carbons (Fsp3) is 0.550. The average molecular weight is 355 g/mol. The molecule has 3 rings (SSSR count). The molecule has 2 aromatic rings. The number of carbonyl (C=O) groups excluding carboxylic acids is 1. The molecule has 6 nitrogen and oxygen atoms in total. The molecule has 1 saturated heterocycles. The molecule has 0 saturated carbocycles. The second-order valence-electron chi connectivity index (χ2n) is 7.54. The molecule has 1 unspecified atom stereocenters. The Labute approximate surface area is 155 Å². The number of hydrogen-bond donors (Lipinski definition) is 1. The number of hydrogen-bond acceptors (Lipinski definition) is 4. The molecular weight excluding hydrogens is 326 g/mol. The highest BCUT2D eigenvalue weighted by Crippen LogP contribution is 2.25. The molecule has 0 spiro atoms. The van der Waals surface area contributed by atoms with E-state index in [4.69, 9.17) is 0 Å². The lowest BCUT2D eigenvalue weighted by molar-refractivity contribution is -0.132. The van der Waals surface area contributed by atoms with Gasteiger partial charge in [-0.1, -0.05) is 44.2 Å². The SMILES string of the molecule is Cc1nc(C2CN(C(=O)CC(C)C)CCCN2Cc2ccccc2)n[nH]1. The van der Waals surface area contributed by atoms with Crippen LogP contribution in [0.4, 0.5) is 0 Å². The molecule has 1 aromatic heterocycles. The maximum absolute atomic E-state index is 12.7. The van der Waals surface area contributed by atoms with E-state index in [2.05, 4.69) is 58.2 Å². The van der Waals surface area contributed by atoms with Crippen LogP contribution in [-0.4, -0.2) is 50.5 Å². The van der Waals surface area contributed by atoms with Gasteiger partial charge in [0.15, 0.2) is 5.82 Å². The van der Waals surface area contributed by atoms with Crippen molar-refractivity contribution in [1.29, 1.82) is 0 Å². The molecule has 140 valence electrons. The van der Waals surface area contributed by atoms with E-state index in [1.165, 1.54) is 5.56 Å². The molecule has 0 radical (unpaired) electrons. The number of rotatable bonds is 5. The summed E-state index contributed by atoms with van der Waals surface area (Å²) in [4.78, 5) is 21.6. The smallest absolute Gasteiger partial charge is 0.222 e. The third-order valence-electron chi connectivity index (χ3n) is 4.78. The second kappa shape index (κ2) is 8.45. The Balaban J connectivity index is 1.82. The van der Waals surface area contributed by atoms with E-state index in [1.54, 1.807) is 0 Å². The summed E-state index contributed by atoms with van der Waals surface area (Å²) in [5.74, 6) is 2.20. The van der Waals surface area contributed by atoms with E-state index in [-0.39, 0.29) is 11.9 Å². The summed E-state index contributed by atoms with van der Waals surface area (Å²) >= 11 is 0. The van der Waals surface area contributed by atoms with Gasteiger partial charge in [-0.15, -0.1) is 0 Å². The van der Waals surface area contributed by atoms with Crippen LogP contribution in [-0.2, 0) is 11.3 Å². The van der Waals surface area contributed by atoms with Gasteiger partial charge in [0.25, 0.3) is 0 Å². The molecule has 0 aliphatic carbocycles. The lowest BCUT2D eigenvalue weighted by atomic mass is 10.1. The van der Waals surface area contributed by atoms with Crippen molar-refractivity contribution in [2.24, 2.45) is 5.92 Å². The standard InChI is InChI=1S/C20H29N5O/c1-15(2)12-19(26)25-11-7-10-24(13-17-8-5-4-6-9-17)18(14-25)20-21-16(3)22-23-20/h4-6,8-9,15,18H,7,10-14H2,1-3H3,(H,21,22,23). The topological polar surface area (TPSA) is 65.1 Å². The van der Waals surface area contributed by atoms with E-state index >= 15 is 0 Å². The molecule has 1 aromatic carbocycles. The zero-order valence-corrected chi connectivity index (χ0v) is 16.0. The number of carbonyl (C=O) groups is 1. The minimum Gasteiger partial charge on any atom is -0.341 e. The van der Waals surface area contributed by atoms with Gasteiger partial charge in [0.2, 0.25) is 5.91 Å². The lowest BCUT2D eigenvalue weighted by Gasteiger charge is -2.30. The third kappa shape index (κ3) is 4.69. The van der Waals surface area contributed by atoms with Crippen molar-refractivity contribution in [1.82, 2.24) is 25.0 Å². The van der Waals surface area contributed by atoms with Crippen molar-refractivity contribution in [3.05, 3.63) is 47.5 Å². The van der Waals surface area contributed by atoms with Crippen LogP contribution in [0.2, 0.25) is 0 Å². The first-order chi connectivity index (χ1) is 12.5. The van der Waals surface area contributed by atoms with Crippen LogP contribution in [0.15, 0.2) is 30.3 Å². The van der Waals surface area contributed by atoms with E-state index in [0.29, 0.717) is 18.9 Å². The Morgan fingerprint density at radius 1 is 1.27 bits per heavy atom. The lowest BCUT2D eigenvalue weighted by Crippen LogP contribution is -2.38. The fourth-order valence-corrected chi connectivity index (χ4v) is 3.50. The second-order valence-corrected chi connectivity index (χ2v) is 7.54. The van der Waals surface area contributed by atoms with Crippen LogP contribution in [0.25, 0.3) is 0 Å². The minimum atomic E-state index is 0.0127. The van der Waals surface area contributed by atoms with Crippen LogP contribution >= 0.6 is 0 Å². The average Bonchev–Trinajstić information content (AvgIpc) is 2.92. The molecule has 6 heteroatoms. The predicted octanol–water partition coefficient (Wildman–Crippen LogP) is 2.93. The Hall–Kier alpha value is -2.21. The van der Waals surface area contributed by atoms with E-state index in [1.807, 2.05) is 17.9 Å². The highest BCUT2D eigenvalue weighted by molar-refractivity contribution is 5.76. The number of nitrogens with zero attached hydrogens (tertiary/aromatic N) is 4. The van der Waals surface area contributed by atoms with Gasteiger partial charge in [-0.05, 0) is 24.8 Å². The molecule has 1 aliphatic heterocycles. The van der Waals surface area contributed by atoms with Crippen LogP contribution < -0.4 is 0 Å². The summed E-state index contributed by atoms with van der Waals surface area (Å²) < 4.78 is 0. The highest BCUT2D eigenvalue weighted by Gasteiger charge is 2.31. The molecular formula is C20H29N5O. The van der Waals surface area contributed by atoms with Gasteiger partial charge in [0.05, 0.1) is 6.04 Å². The van der Waals surface area contributed by atoms with Crippen LogP contribution in [0, 0.1) is 12.8 Å². The van der Waals surface area contributed by atoms with Gasteiger partial charge >= 0.3 is 0 Å². The zero-order chi connectivity index (χ0) is 18.5. The number of benzene rings is 1. The van der Waals surface area contributed by atoms with Crippen molar-refractivity contribution in [2.45, 2.75) is 46.2 Å². The van der Waals surface area contributed by atoms with Crippen LogP contribution in [0.1, 0.15) is 49.9 Å². The number of amides is 1. The third-order valence-corrected chi connectivity index (χ3v) is 4.78. The molecule has 2 heterocycles. The quantitative estimate of drug-likeness (QED) is 0.896. The molecule has 1 aliphatic rings. The summed E-state index contributed by atoms with van der Waals surface area (Å²) in [6, 6.07) is 10.5. The summed E-state index contributed by atoms with van der Waals surface area (Å²) in [5.41, 5.74) is 1.27. The molecule has 26 heavy (non-hydrogen) atoms. The van der Waals surface area contributed by atoms with E-state index in [9.17, 15) is 4.79 Å². The summed E-state index contributed by atoms with van der Waals surface area (Å²) in [5, 5.41) is 7.37. The van der Waals surface area contributed by atoms with Gasteiger partial charge in [-0.3, -0.25) is 14.8 Å². The van der Waals surface area contributed by atoms with Crippen molar-refractivity contribution in [3.8, 4) is 0 Å². The Kier molecular flexibility index (Phi) is 6.04. The Morgan fingerprint density at radius 2 is 2.04 bits per heavy atom.